The number of hydrogen-bond donors (Lipinski definition) is 3. The number of benzene rings is 2. The lowest BCUT2D eigenvalue weighted by Gasteiger charge is -2.12. The van der Waals surface area contributed by atoms with E-state index in [1.54, 1.807) is 6.92 Å². The Hall–Kier alpha value is -2.95. The molecule has 0 aliphatic carbocycles. The summed E-state index contributed by atoms with van der Waals surface area (Å²) in [6.45, 7) is 1.90. The molecular formula is C17H13Cl2N3O6S. The Labute approximate surface area is 179 Å². The molecule has 12 heteroatoms. The molecule has 152 valence electrons. The Balaban J connectivity index is 2.19. The van der Waals surface area contributed by atoms with Crippen LogP contribution in [0.25, 0.3) is 0 Å². The van der Waals surface area contributed by atoms with Crippen LogP contribution in [0, 0.1) is 10.1 Å². The Morgan fingerprint density at radius 1 is 1.24 bits per heavy atom. The molecule has 0 aromatic heterocycles. The van der Waals surface area contributed by atoms with Gasteiger partial charge in [-0.2, -0.15) is 0 Å². The van der Waals surface area contributed by atoms with Crippen molar-refractivity contribution < 1.29 is 24.4 Å². The largest absolute Gasteiger partial charge is 0.487 e. The number of aromatic carboxylic acids is 1. The number of carboxylic acids is 1. The number of anilines is 1. The van der Waals surface area contributed by atoms with Gasteiger partial charge in [0.25, 0.3) is 5.91 Å². The van der Waals surface area contributed by atoms with Gasteiger partial charge in [0.1, 0.15) is 0 Å². The highest BCUT2D eigenvalue weighted by atomic mass is 35.5. The van der Waals surface area contributed by atoms with E-state index in [-0.39, 0.29) is 50.0 Å². The fourth-order valence-corrected chi connectivity index (χ4v) is 2.93. The van der Waals surface area contributed by atoms with E-state index >= 15 is 0 Å². The second-order valence-electron chi connectivity index (χ2n) is 5.40. The first-order chi connectivity index (χ1) is 13.6. The van der Waals surface area contributed by atoms with Crippen molar-refractivity contribution >= 4 is 63.8 Å². The van der Waals surface area contributed by atoms with Gasteiger partial charge < -0.3 is 15.2 Å². The molecular weight excluding hydrogens is 445 g/mol. The maximum Gasteiger partial charge on any atom is 0.337 e. The minimum Gasteiger partial charge on any atom is -0.487 e. The molecule has 29 heavy (non-hydrogen) atoms. The number of carbonyl (C=O) groups is 2. The Bertz CT molecular complexity index is 1010. The van der Waals surface area contributed by atoms with Crippen molar-refractivity contribution in [1.82, 2.24) is 5.32 Å². The first-order valence-electron chi connectivity index (χ1n) is 7.90. The number of carbonyl (C=O) groups excluding carboxylic acids is 1. The summed E-state index contributed by atoms with van der Waals surface area (Å²) in [5.41, 5.74) is -0.505. The average Bonchev–Trinajstić information content (AvgIpc) is 2.63. The molecule has 0 saturated carbocycles. The third-order valence-electron chi connectivity index (χ3n) is 3.48. The summed E-state index contributed by atoms with van der Waals surface area (Å²) >= 11 is 16.8. The van der Waals surface area contributed by atoms with Crippen molar-refractivity contribution in [3.05, 3.63) is 61.6 Å². The van der Waals surface area contributed by atoms with Crippen LogP contribution in [-0.2, 0) is 0 Å². The number of carboxylic acid groups (broad SMARTS) is 1. The number of halogens is 2. The van der Waals surface area contributed by atoms with Crippen molar-refractivity contribution in [2.75, 3.05) is 11.9 Å². The zero-order valence-corrected chi connectivity index (χ0v) is 17.0. The van der Waals surface area contributed by atoms with E-state index in [4.69, 9.17) is 45.3 Å². The lowest BCUT2D eigenvalue weighted by Crippen LogP contribution is -2.34. The number of amides is 1. The van der Waals surface area contributed by atoms with Crippen LogP contribution in [0.15, 0.2) is 30.3 Å². The fraction of sp³-hybridized carbons (Fsp3) is 0.118. The summed E-state index contributed by atoms with van der Waals surface area (Å²) in [6.07, 6.45) is 0. The monoisotopic (exact) mass is 457 g/mol. The third-order valence-corrected chi connectivity index (χ3v) is 4.31. The van der Waals surface area contributed by atoms with E-state index in [1.807, 2.05) is 0 Å². The van der Waals surface area contributed by atoms with Crippen molar-refractivity contribution in [3.8, 4) is 5.75 Å². The second-order valence-corrected chi connectivity index (χ2v) is 6.62. The van der Waals surface area contributed by atoms with Crippen molar-refractivity contribution in [2.24, 2.45) is 0 Å². The van der Waals surface area contributed by atoms with Gasteiger partial charge in [-0.25, -0.2) is 4.79 Å². The van der Waals surface area contributed by atoms with E-state index in [0.29, 0.717) is 0 Å². The molecule has 2 rings (SSSR count). The normalized spacial score (nSPS) is 10.2. The molecule has 0 bridgehead atoms. The topological polar surface area (TPSA) is 131 Å². The van der Waals surface area contributed by atoms with Crippen LogP contribution < -0.4 is 15.4 Å². The van der Waals surface area contributed by atoms with Crippen LogP contribution in [0.3, 0.4) is 0 Å². The Morgan fingerprint density at radius 2 is 1.93 bits per heavy atom. The molecule has 0 saturated heterocycles. The predicted molar refractivity (Wildman–Crippen MR) is 111 cm³/mol. The second kappa shape index (κ2) is 9.50. The number of nitro groups is 1. The van der Waals surface area contributed by atoms with Crippen LogP contribution in [0.2, 0.25) is 10.0 Å². The quantitative estimate of drug-likeness (QED) is 0.335. The van der Waals surface area contributed by atoms with Gasteiger partial charge in [0.05, 0.1) is 32.8 Å². The number of rotatable bonds is 6. The van der Waals surface area contributed by atoms with Crippen molar-refractivity contribution in [3.63, 3.8) is 0 Å². The fourth-order valence-electron chi connectivity index (χ4n) is 2.22. The first-order valence-corrected chi connectivity index (χ1v) is 9.06. The SMILES string of the molecule is CCOc1ccc(C(=O)NC(=S)Nc2cc(C(=O)O)c(Cl)cc2Cl)cc1[N+](=O)[O-]. The highest BCUT2D eigenvalue weighted by Gasteiger charge is 2.20. The zero-order valence-electron chi connectivity index (χ0n) is 14.7. The molecule has 0 spiro atoms. The highest BCUT2D eigenvalue weighted by Crippen LogP contribution is 2.30. The zero-order chi connectivity index (χ0) is 21.7. The molecule has 2 aromatic rings. The van der Waals surface area contributed by atoms with Crippen LogP contribution in [0.1, 0.15) is 27.6 Å². The van der Waals surface area contributed by atoms with Gasteiger partial charge in [-0.1, -0.05) is 23.2 Å². The van der Waals surface area contributed by atoms with E-state index in [0.717, 1.165) is 12.1 Å². The van der Waals surface area contributed by atoms with Crippen molar-refractivity contribution in [1.29, 1.82) is 0 Å². The van der Waals surface area contributed by atoms with E-state index < -0.39 is 16.8 Å². The van der Waals surface area contributed by atoms with Gasteiger partial charge >= 0.3 is 11.7 Å². The molecule has 0 aliphatic heterocycles. The molecule has 9 nitrogen and oxygen atoms in total. The lowest BCUT2D eigenvalue weighted by molar-refractivity contribution is -0.385. The highest BCUT2D eigenvalue weighted by molar-refractivity contribution is 7.80. The molecule has 0 heterocycles. The van der Waals surface area contributed by atoms with E-state index in [2.05, 4.69) is 10.6 Å². The summed E-state index contributed by atoms with van der Waals surface area (Å²) < 4.78 is 5.16. The van der Waals surface area contributed by atoms with Crippen LogP contribution in [0.4, 0.5) is 11.4 Å². The number of thiocarbonyl (C=S) groups is 1. The third kappa shape index (κ3) is 5.53. The minimum atomic E-state index is -1.27. The van der Waals surface area contributed by atoms with Crippen LogP contribution in [-0.4, -0.2) is 33.6 Å². The molecule has 2 aromatic carbocycles. The van der Waals surface area contributed by atoms with Gasteiger partial charge in [-0.05, 0) is 43.4 Å². The Morgan fingerprint density at radius 3 is 2.52 bits per heavy atom. The van der Waals surface area contributed by atoms with Gasteiger partial charge in [0.2, 0.25) is 0 Å². The molecule has 3 N–H and O–H groups in total. The van der Waals surface area contributed by atoms with Gasteiger partial charge in [-0.15, -0.1) is 0 Å². The molecule has 0 atom stereocenters. The first kappa shape index (κ1) is 22.3. The number of ether oxygens (including phenoxy) is 1. The van der Waals surface area contributed by atoms with Crippen molar-refractivity contribution in [2.45, 2.75) is 6.92 Å². The van der Waals surface area contributed by atoms with Crippen LogP contribution >= 0.6 is 35.4 Å². The number of hydrogen-bond acceptors (Lipinski definition) is 6. The summed E-state index contributed by atoms with van der Waals surface area (Å²) in [6, 6.07) is 6.08. The lowest BCUT2D eigenvalue weighted by atomic mass is 10.1. The Kier molecular flexibility index (Phi) is 7.32. The molecule has 0 fully saturated rings. The van der Waals surface area contributed by atoms with E-state index in [1.165, 1.54) is 18.2 Å². The molecule has 1 amide bonds. The summed E-state index contributed by atoms with van der Waals surface area (Å²) in [7, 11) is 0. The summed E-state index contributed by atoms with van der Waals surface area (Å²) in [5, 5.41) is 25.0. The maximum atomic E-state index is 12.4. The molecule has 0 radical (unpaired) electrons. The molecule has 0 aliphatic rings. The van der Waals surface area contributed by atoms with Gasteiger partial charge in [0.15, 0.2) is 10.9 Å². The molecule has 0 unspecified atom stereocenters. The number of nitrogens with zero attached hydrogens (tertiary/aromatic N) is 1. The number of nitro benzene ring substituents is 1. The van der Waals surface area contributed by atoms with Gasteiger partial charge in [-0.3, -0.25) is 20.2 Å². The number of nitrogens with one attached hydrogen (secondary N) is 2. The standard InChI is InChI=1S/C17H13Cl2N3O6S/c1-2-28-14-4-3-8(5-13(14)22(26)27)15(23)21-17(29)20-12-6-9(16(24)25)10(18)7-11(12)19/h3-7H,2H2,1H3,(H,24,25)(H2,20,21,23,29). The predicted octanol–water partition coefficient (Wildman–Crippen LogP) is 4.13. The minimum absolute atomic E-state index is 0.0299. The average molecular weight is 458 g/mol. The van der Waals surface area contributed by atoms with E-state index in [9.17, 15) is 19.7 Å². The smallest absolute Gasteiger partial charge is 0.337 e. The summed E-state index contributed by atoms with van der Waals surface area (Å²) in [5.74, 6) is -1.97. The summed E-state index contributed by atoms with van der Waals surface area (Å²) in [4.78, 5) is 34.0. The van der Waals surface area contributed by atoms with Crippen LogP contribution in [0.5, 0.6) is 5.75 Å². The van der Waals surface area contributed by atoms with Gasteiger partial charge in [0, 0.05) is 11.6 Å². The maximum absolute atomic E-state index is 12.4.